The van der Waals surface area contributed by atoms with Gasteiger partial charge in [-0.1, -0.05) is 0 Å². The third kappa shape index (κ3) is 5.83. The van der Waals surface area contributed by atoms with Gasteiger partial charge in [0.2, 0.25) is 5.88 Å². The van der Waals surface area contributed by atoms with Crippen molar-refractivity contribution in [2.75, 3.05) is 24.6 Å². The van der Waals surface area contributed by atoms with Crippen molar-refractivity contribution >= 4 is 20.9 Å². The quantitative estimate of drug-likeness (QED) is 0.347. The second kappa shape index (κ2) is 10.0. The van der Waals surface area contributed by atoms with Crippen LogP contribution in [0.5, 0.6) is 5.88 Å². The predicted octanol–water partition coefficient (Wildman–Crippen LogP) is 3.77. The third-order valence-corrected chi connectivity index (χ3v) is 8.40. The Labute approximate surface area is 217 Å². The normalized spacial score (nSPS) is 17.1. The van der Waals surface area contributed by atoms with E-state index in [-0.39, 0.29) is 17.5 Å². The summed E-state index contributed by atoms with van der Waals surface area (Å²) in [6.07, 6.45) is 3.74. The number of rotatable bonds is 7. The van der Waals surface area contributed by atoms with Gasteiger partial charge in [0, 0.05) is 61.8 Å². The lowest BCUT2D eigenvalue weighted by atomic mass is 10.0. The van der Waals surface area contributed by atoms with E-state index in [1.54, 1.807) is 10.9 Å². The molecule has 9 nitrogen and oxygen atoms in total. The third-order valence-electron chi connectivity index (χ3n) is 6.79. The van der Waals surface area contributed by atoms with Gasteiger partial charge in [-0.15, -0.1) is 13.2 Å². The maximum Gasteiger partial charge on any atom is 0.574 e. The maximum absolute atomic E-state index is 12.5. The summed E-state index contributed by atoms with van der Waals surface area (Å²) in [6, 6.07) is 6.64. The average Bonchev–Trinajstić information content (AvgIpc) is 3.45. The van der Waals surface area contributed by atoms with Crippen LogP contribution in [0.25, 0.3) is 28.0 Å². The molecule has 1 aliphatic heterocycles. The second-order valence-electron chi connectivity index (χ2n) is 9.47. The van der Waals surface area contributed by atoms with Crippen LogP contribution in [0.15, 0.2) is 49.1 Å². The van der Waals surface area contributed by atoms with Crippen LogP contribution in [0.3, 0.4) is 0 Å². The summed E-state index contributed by atoms with van der Waals surface area (Å²) in [7, 11) is -1.11. The van der Waals surface area contributed by atoms with Crippen molar-refractivity contribution in [3.8, 4) is 22.8 Å². The van der Waals surface area contributed by atoms with Crippen LogP contribution in [0.1, 0.15) is 18.9 Å². The molecule has 0 amide bonds. The van der Waals surface area contributed by atoms with Crippen molar-refractivity contribution in [2.45, 2.75) is 32.2 Å². The molecule has 1 saturated heterocycles. The summed E-state index contributed by atoms with van der Waals surface area (Å²) in [5, 5.41) is 5.23. The molecule has 1 unspecified atom stereocenters. The topological polar surface area (TPSA) is 95.1 Å². The first-order chi connectivity index (χ1) is 18.0. The molecule has 5 rings (SSSR count). The fraction of sp³-hybridized carbons (Fsp3) is 0.400. The summed E-state index contributed by atoms with van der Waals surface area (Å²) in [6.45, 7) is 3.22. The molecular formula is C25H27F3N6O3S. The highest BCUT2D eigenvalue weighted by Gasteiger charge is 2.31. The Morgan fingerprint density at radius 1 is 1.08 bits per heavy atom. The molecule has 1 fully saturated rings. The molecule has 1 aliphatic rings. The van der Waals surface area contributed by atoms with Crippen LogP contribution in [0.4, 0.5) is 13.2 Å². The van der Waals surface area contributed by atoms with Crippen LogP contribution >= 0.6 is 0 Å². The van der Waals surface area contributed by atoms with Gasteiger partial charge in [-0.05, 0) is 43.5 Å². The largest absolute Gasteiger partial charge is 0.574 e. The van der Waals surface area contributed by atoms with E-state index in [0.29, 0.717) is 30.0 Å². The summed E-state index contributed by atoms with van der Waals surface area (Å²) < 4.78 is 68.6. The molecule has 1 atom stereocenters. The SMILES string of the molecule is CC(CCc1cn(-c2cnn(C)c2)c2nc(-c3ccc(OC(F)(F)F)nc3)ccc12)N1CCS(=O)(=O)CC1. The number of hydrogen-bond acceptors (Lipinski definition) is 7. The van der Waals surface area contributed by atoms with Gasteiger partial charge in [0.05, 0.1) is 29.1 Å². The molecule has 0 aromatic carbocycles. The van der Waals surface area contributed by atoms with Gasteiger partial charge in [0.1, 0.15) is 5.65 Å². The molecule has 4 aromatic heterocycles. The van der Waals surface area contributed by atoms with E-state index >= 15 is 0 Å². The Hall–Kier alpha value is -3.45. The number of sulfone groups is 1. The zero-order valence-electron chi connectivity index (χ0n) is 20.9. The molecule has 0 N–H and O–H groups in total. The highest BCUT2D eigenvalue weighted by Crippen LogP contribution is 2.29. The molecule has 202 valence electrons. The zero-order chi connectivity index (χ0) is 27.1. The number of ether oxygens (including phenoxy) is 1. The molecule has 4 aromatic rings. The Balaban J connectivity index is 1.42. The monoisotopic (exact) mass is 548 g/mol. The van der Waals surface area contributed by atoms with E-state index in [1.165, 1.54) is 12.3 Å². The van der Waals surface area contributed by atoms with Gasteiger partial charge in [0.15, 0.2) is 9.84 Å². The summed E-state index contributed by atoms with van der Waals surface area (Å²) in [5.41, 5.74) is 3.72. The van der Waals surface area contributed by atoms with Crippen molar-refractivity contribution in [3.63, 3.8) is 0 Å². The van der Waals surface area contributed by atoms with E-state index < -0.39 is 22.1 Å². The standard InChI is InChI=1S/C25H27F3N6O3S/c1-17(33-9-11-38(35,36)12-10-33)3-4-19-15-34(20-14-30-32(2)16-20)24-21(19)6-7-22(31-24)18-5-8-23(29-13-18)37-25(26,27)28/h5-8,13-17H,3-4,9-12H2,1-2H3. The number of pyridine rings is 2. The van der Waals surface area contributed by atoms with Gasteiger partial charge >= 0.3 is 6.36 Å². The van der Waals surface area contributed by atoms with E-state index in [9.17, 15) is 21.6 Å². The second-order valence-corrected chi connectivity index (χ2v) is 11.8. The van der Waals surface area contributed by atoms with Crippen LogP contribution in [-0.2, 0) is 23.3 Å². The predicted molar refractivity (Wildman–Crippen MR) is 136 cm³/mol. The number of hydrogen-bond donors (Lipinski definition) is 0. The molecule has 5 heterocycles. The zero-order valence-corrected chi connectivity index (χ0v) is 21.7. The summed E-state index contributed by atoms with van der Waals surface area (Å²) >= 11 is 0. The number of aromatic nitrogens is 5. The van der Waals surface area contributed by atoms with Gasteiger partial charge in [-0.25, -0.2) is 18.4 Å². The van der Waals surface area contributed by atoms with Gasteiger partial charge < -0.3 is 4.74 Å². The molecule has 0 radical (unpaired) electrons. The van der Waals surface area contributed by atoms with E-state index in [4.69, 9.17) is 4.98 Å². The van der Waals surface area contributed by atoms with Crippen molar-refractivity contribution in [1.82, 2.24) is 29.2 Å². The Bertz CT molecular complexity index is 1530. The first kappa shape index (κ1) is 26.2. The first-order valence-electron chi connectivity index (χ1n) is 12.1. The summed E-state index contributed by atoms with van der Waals surface area (Å²) in [5.74, 6) is -0.144. The van der Waals surface area contributed by atoms with Crippen molar-refractivity contribution in [1.29, 1.82) is 0 Å². The lowest BCUT2D eigenvalue weighted by molar-refractivity contribution is -0.276. The molecule has 13 heteroatoms. The Kier molecular flexibility index (Phi) is 6.90. The van der Waals surface area contributed by atoms with Gasteiger partial charge in [-0.2, -0.15) is 5.10 Å². The molecule has 0 saturated carbocycles. The minimum atomic E-state index is -4.81. The summed E-state index contributed by atoms with van der Waals surface area (Å²) in [4.78, 5) is 10.8. The number of alkyl halides is 3. The average molecular weight is 549 g/mol. The molecular weight excluding hydrogens is 521 g/mol. The van der Waals surface area contributed by atoms with Gasteiger partial charge in [-0.3, -0.25) is 14.1 Å². The van der Waals surface area contributed by atoms with Crippen molar-refractivity contribution < 1.29 is 26.3 Å². The highest BCUT2D eigenvalue weighted by atomic mass is 32.2. The number of nitrogens with zero attached hydrogens (tertiary/aromatic N) is 6. The van der Waals surface area contributed by atoms with Crippen molar-refractivity contribution in [3.05, 3.63) is 54.6 Å². The highest BCUT2D eigenvalue weighted by molar-refractivity contribution is 7.91. The fourth-order valence-corrected chi connectivity index (χ4v) is 5.91. The van der Waals surface area contributed by atoms with E-state index in [1.807, 2.05) is 36.1 Å². The Morgan fingerprint density at radius 2 is 1.84 bits per heavy atom. The lowest BCUT2D eigenvalue weighted by Crippen LogP contribution is -2.45. The molecule has 0 bridgehead atoms. The van der Waals surface area contributed by atoms with Crippen LogP contribution < -0.4 is 4.74 Å². The minimum Gasteiger partial charge on any atom is -0.388 e. The number of aryl methyl sites for hydroxylation is 2. The van der Waals surface area contributed by atoms with Crippen LogP contribution in [-0.4, -0.2) is 74.6 Å². The van der Waals surface area contributed by atoms with E-state index in [0.717, 1.165) is 35.5 Å². The van der Waals surface area contributed by atoms with E-state index in [2.05, 4.69) is 26.6 Å². The molecule has 38 heavy (non-hydrogen) atoms. The number of fused-ring (bicyclic) bond motifs is 1. The van der Waals surface area contributed by atoms with Crippen LogP contribution in [0.2, 0.25) is 0 Å². The fourth-order valence-electron chi connectivity index (χ4n) is 4.68. The van der Waals surface area contributed by atoms with Crippen molar-refractivity contribution in [2.24, 2.45) is 7.05 Å². The lowest BCUT2D eigenvalue weighted by Gasteiger charge is -2.32. The molecule has 0 spiro atoms. The maximum atomic E-state index is 12.5. The first-order valence-corrected chi connectivity index (χ1v) is 14.0. The van der Waals surface area contributed by atoms with Crippen LogP contribution in [0, 0.1) is 0 Å². The minimum absolute atomic E-state index is 0.197. The number of halogens is 3. The smallest absolute Gasteiger partial charge is 0.388 e. The molecule has 0 aliphatic carbocycles. The Morgan fingerprint density at radius 3 is 2.47 bits per heavy atom. The van der Waals surface area contributed by atoms with Gasteiger partial charge in [0.25, 0.3) is 0 Å².